The van der Waals surface area contributed by atoms with Gasteiger partial charge in [0.15, 0.2) is 0 Å². The van der Waals surface area contributed by atoms with Crippen molar-refractivity contribution in [2.24, 2.45) is 0 Å². The molecule has 2 aliphatic rings. The lowest BCUT2D eigenvalue weighted by Gasteiger charge is -2.16. The van der Waals surface area contributed by atoms with Gasteiger partial charge in [-0.2, -0.15) is 0 Å². The predicted molar refractivity (Wildman–Crippen MR) is 35.6 cm³/mol. The molecule has 10 heavy (non-hydrogen) atoms. The van der Waals surface area contributed by atoms with E-state index in [1.165, 1.54) is 0 Å². The van der Waals surface area contributed by atoms with E-state index in [0.29, 0.717) is 6.61 Å². The predicted octanol–water partition coefficient (Wildman–Crippen LogP) is -1.53. The van der Waals surface area contributed by atoms with E-state index in [1.807, 2.05) is 0 Å². The molecule has 2 saturated heterocycles. The summed E-state index contributed by atoms with van der Waals surface area (Å²) in [5.74, 6) is 0. The van der Waals surface area contributed by atoms with Gasteiger partial charge < -0.3 is 15.2 Å². The molecule has 0 saturated carbocycles. The first-order chi connectivity index (χ1) is 4.81. The topological polar surface area (TPSA) is 46.1 Å². The van der Waals surface area contributed by atoms with Crippen LogP contribution in [0.2, 0.25) is 0 Å². The Hall–Kier alpha value is -0.120. The zero-order valence-electron chi connectivity index (χ0n) is 6.05. The van der Waals surface area contributed by atoms with Gasteiger partial charge in [0, 0.05) is 12.8 Å². The molecule has 0 aromatic rings. The Balaban J connectivity index is 2.03. The minimum Gasteiger partial charge on any atom is -0.391 e. The summed E-state index contributed by atoms with van der Waals surface area (Å²) in [7, 11) is 0. The molecule has 0 amide bonds. The lowest BCUT2D eigenvalue weighted by Crippen LogP contribution is -2.82. The van der Waals surface area contributed by atoms with Gasteiger partial charge in [0.1, 0.15) is 12.1 Å². The van der Waals surface area contributed by atoms with E-state index in [4.69, 9.17) is 4.74 Å². The van der Waals surface area contributed by atoms with Gasteiger partial charge in [0.05, 0.1) is 19.3 Å². The van der Waals surface area contributed by atoms with Crippen molar-refractivity contribution >= 4 is 0 Å². The van der Waals surface area contributed by atoms with Crippen LogP contribution in [0.1, 0.15) is 12.8 Å². The molecule has 1 spiro atoms. The number of rotatable bonds is 0. The molecule has 3 nitrogen and oxygen atoms in total. The monoisotopic (exact) mass is 144 g/mol. The standard InChI is InChI=1S/C7H13NO2/c9-6-3-7(10-4-6)1-2-8-5-7/h6,8-9H,1-5H2/p+1. The Kier molecular flexibility index (Phi) is 1.44. The van der Waals surface area contributed by atoms with E-state index in [2.05, 4.69) is 5.32 Å². The van der Waals surface area contributed by atoms with Crippen LogP contribution >= 0.6 is 0 Å². The quantitative estimate of drug-likeness (QED) is 0.433. The van der Waals surface area contributed by atoms with Crippen molar-refractivity contribution in [2.45, 2.75) is 24.5 Å². The number of hydrogen-bond donors (Lipinski definition) is 2. The fraction of sp³-hybridized carbons (Fsp3) is 1.00. The number of aliphatic hydroxyl groups is 1. The Morgan fingerprint density at radius 2 is 2.50 bits per heavy atom. The average Bonchev–Trinajstić information content (AvgIpc) is 2.46. The van der Waals surface area contributed by atoms with E-state index >= 15 is 0 Å². The molecule has 0 aromatic carbocycles. The van der Waals surface area contributed by atoms with Crippen LogP contribution in [0.3, 0.4) is 0 Å². The van der Waals surface area contributed by atoms with Gasteiger partial charge in [0.2, 0.25) is 0 Å². The van der Waals surface area contributed by atoms with Crippen molar-refractivity contribution in [3.8, 4) is 0 Å². The molecule has 0 aliphatic carbocycles. The van der Waals surface area contributed by atoms with Crippen LogP contribution in [-0.2, 0) is 4.74 Å². The highest BCUT2D eigenvalue weighted by molar-refractivity contribution is 4.90. The summed E-state index contributed by atoms with van der Waals surface area (Å²) < 4.78 is 5.53. The van der Waals surface area contributed by atoms with E-state index in [1.54, 1.807) is 0 Å². The molecular weight excluding hydrogens is 130 g/mol. The lowest BCUT2D eigenvalue weighted by atomic mass is 9.99. The van der Waals surface area contributed by atoms with Crippen molar-refractivity contribution in [1.82, 2.24) is 0 Å². The summed E-state index contributed by atoms with van der Waals surface area (Å²) in [4.78, 5) is 0. The molecule has 2 aliphatic heterocycles. The third kappa shape index (κ3) is 0.944. The van der Waals surface area contributed by atoms with Crippen molar-refractivity contribution in [3.05, 3.63) is 0 Å². The first-order valence-electron chi connectivity index (χ1n) is 3.94. The van der Waals surface area contributed by atoms with Crippen molar-refractivity contribution < 1.29 is 15.2 Å². The normalized spacial score (nSPS) is 47.1. The summed E-state index contributed by atoms with van der Waals surface area (Å²) in [6, 6.07) is 0. The van der Waals surface area contributed by atoms with Crippen LogP contribution in [0.4, 0.5) is 0 Å². The first kappa shape index (κ1) is 6.58. The van der Waals surface area contributed by atoms with Crippen LogP contribution in [0.25, 0.3) is 0 Å². The largest absolute Gasteiger partial charge is 0.391 e. The molecule has 2 atom stereocenters. The molecule has 2 heterocycles. The van der Waals surface area contributed by atoms with E-state index in [-0.39, 0.29) is 11.7 Å². The molecule has 58 valence electrons. The Labute approximate surface area is 60.4 Å². The highest BCUT2D eigenvalue weighted by Crippen LogP contribution is 2.28. The number of aliphatic hydroxyl groups excluding tert-OH is 1. The Morgan fingerprint density at radius 3 is 3.00 bits per heavy atom. The molecule has 0 bridgehead atoms. The second kappa shape index (κ2) is 2.19. The lowest BCUT2D eigenvalue weighted by molar-refractivity contribution is -0.641. The molecular formula is C7H14NO2+. The maximum Gasteiger partial charge on any atom is 0.125 e. The highest BCUT2D eigenvalue weighted by Gasteiger charge is 2.44. The van der Waals surface area contributed by atoms with Crippen molar-refractivity contribution in [3.63, 3.8) is 0 Å². The minimum absolute atomic E-state index is 0.0550. The molecule has 2 rings (SSSR count). The highest BCUT2D eigenvalue weighted by atomic mass is 16.5. The smallest absolute Gasteiger partial charge is 0.125 e. The first-order valence-corrected chi connectivity index (χ1v) is 3.94. The average molecular weight is 144 g/mol. The summed E-state index contributed by atoms with van der Waals surface area (Å²) in [5.41, 5.74) is 0.0550. The second-order valence-corrected chi connectivity index (χ2v) is 3.38. The van der Waals surface area contributed by atoms with Crippen LogP contribution in [0.5, 0.6) is 0 Å². The van der Waals surface area contributed by atoms with E-state index < -0.39 is 0 Å². The Morgan fingerprint density at radius 1 is 1.60 bits per heavy atom. The number of ether oxygens (including phenoxy) is 1. The SMILES string of the molecule is OC1COC2(CC[NH2+]C2)C1. The fourth-order valence-corrected chi connectivity index (χ4v) is 1.97. The minimum atomic E-state index is -0.202. The van der Waals surface area contributed by atoms with Crippen LogP contribution in [0, 0.1) is 0 Å². The summed E-state index contributed by atoms with van der Waals surface area (Å²) >= 11 is 0. The number of hydrogen-bond acceptors (Lipinski definition) is 2. The molecule has 2 fully saturated rings. The molecule has 0 radical (unpaired) electrons. The van der Waals surface area contributed by atoms with Crippen LogP contribution < -0.4 is 5.32 Å². The van der Waals surface area contributed by atoms with E-state index in [0.717, 1.165) is 25.9 Å². The maximum absolute atomic E-state index is 9.22. The number of quaternary nitrogens is 1. The van der Waals surface area contributed by atoms with Gasteiger partial charge in [-0.1, -0.05) is 0 Å². The van der Waals surface area contributed by atoms with Gasteiger partial charge in [-0.25, -0.2) is 0 Å². The molecule has 3 heteroatoms. The summed E-state index contributed by atoms with van der Waals surface area (Å²) in [5, 5.41) is 11.5. The summed E-state index contributed by atoms with van der Waals surface area (Å²) in [6.07, 6.45) is 1.76. The van der Waals surface area contributed by atoms with Crippen LogP contribution in [-0.4, -0.2) is 36.5 Å². The molecule has 2 unspecified atom stereocenters. The fourth-order valence-electron chi connectivity index (χ4n) is 1.97. The van der Waals surface area contributed by atoms with Gasteiger partial charge in [-0.05, 0) is 0 Å². The van der Waals surface area contributed by atoms with Gasteiger partial charge >= 0.3 is 0 Å². The summed E-state index contributed by atoms with van der Waals surface area (Å²) in [6.45, 7) is 2.75. The van der Waals surface area contributed by atoms with Gasteiger partial charge in [0.25, 0.3) is 0 Å². The van der Waals surface area contributed by atoms with Gasteiger partial charge in [-0.15, -0.1) is 0 Å². The van der Waals surface area contributed by atoms with Crippen LogP contribution in [0.15, 0.2) is 0 Å². The maximum atomic E-state index is 9.22. The second-order valence-electron chi connectivity index (χ2n) is 3.38. The zero-order valence-corrected chi connectivity index (χ0v) is 6.05. The molecule has 3 N–H and O–H groups in total. The van der Waals surface area contributed by atoms with E-state index in [9.17, 15) is 5.11 Å². The zero-order chi connectivity index (χ0) is 7.03. The van der Waals surface area contributed by atoms with Crippen molar-refractivity contribution in [1.29, 1.82) is 0 Å². The number of nitrogens with two attached hydrogens (primary N) is 1. The van der Waals surface area contributed by atoms with Crippen molar-refractivity contribution in [2.75, 3.05) is 19.7 Å². The third-order valence-electron chi connectivity index (χ3n) is 2.51. The molecule has 0 aromatic heterocycles. The third-order valence-corrected chi connectivity index (χ3v) is 2.51. The Bertz CT molecular complexity index is 132. The van der Waals surface area contributed by atoms with Gasteiger partial charge in [-0.3, -0.25) is 0 Å².